The number of aryl methyl sites for hydroxylation is 1. The predicted molar refractivity (Wildman–Crippen MR) is 89.4 cm³/mol. The van der Waals surface area contributed by atoms with Gasteiger partial charge in [-0.2, -0.15) is 0 Å². The summed E-state index contributed by atoms with van der Waals surface area (Å²) in [6.07, 6.45) is 3.25. The van der Waals surface area contributed by atoms with Gasteiger partial charge in [-0.15, -0.1) is 0 Å². The molecule has 2 N–H and O–H groups in total. The lowest BCUT2D eigenvalue weighted by atomic mass is 9.87. The standard InChI is InChI=1S/C18H20BrNO/c19-16-8-6-15-11-17(9-7-14(15)10-16)20-18(12-21)13-4-2-1-3-5-13/h1-6,8,10,17-18,20-21H,7,9,11-12H2/t17?,18-/m1/s1. The van der Waals surface area contributed by atoms with Gasteiger partial charge in [-0.3, -0.25) is 0 Å². The van der Waals surface area contributed by atoms with Gasteiger partial charge in [0.15, 0.2) is 0 Å². The van der Waals surface area contributed by atoms with E-state index < -0.39 is 0 Å². The number of nitrogens with one attached hydrogen (secondary N) is 1. The molecule has 3 rings (SSSR count). The van der Waals surface area contributed by atoms with E-state index in [4.69, 9.17) is 0 Å². The molecule has 0 aromatic heterocycles. The van der Waals surface area contributed by atoms with E-state index in [-0.39, 0.29) is 12.6 Å². The average Bonchev–Trinajstić information content (AvgIpc) is 2.53. The van der Waals surface area contributed by atoms with Crippen molar-refractivity contribution in [2.24, 2.45) is 0 Å². The van der Waals surface area contributed by atoms with Crippen molar-refractivity contribution in [2.45, 2.75) is 31.3 Å². The highest BCUT2D eigenvalue weighted by Gasteiger charge is 2.21. The molecular formula is C18H20BrNO. The molecule has 21 heavy (non-hydrogen) atoms. The van der Waals surface area contributed by atoms with Crippen molar-refractivity contribution in [1.82, 2.24) is 5.32 Å². The Morgan fingerprint density at radius 1 is 1.14 bits per heavy atom. The molecule has 0 amide bonds. The second-order valence-corrected chi connectivity index (χ2v) is 6.58. The summed E-state index contributed by atoms with van der Waals surface area (Å²) < 4.78 is 1.16. The summed E-state index contributed by atoms with van der Waals surface area (Å²) in [6.45, 7) is 0.133. The zero-order chi connectivity index (χ0) is 14.7. The van der Waals surface area contributed by atoms with Crippen LogP contribution in [0.15, 0.2) is 53.0 Å². The minimum absolute atomic E-state index is 0.0215. The first-order chi connectivity index (χ1) is 10.3. The Morgan fingerprint density at radius 3 is 2.71 bits per heavy atom. The van der Waals surface area contributed by atoms with Gasteiger partial charge in [0.1, 0.15) is 0 Å². The molecule has 0 saturated heterocycles. The number of rotatable bonds is 4. The zero-order valence-corrected chi connectivity index (χ0v) is 13.5. The summed E-state index contributed by atoms with van der Waals surface area (Å²) in [5.74, 6) is 0. The molecule has 0 heterocycles. The van der Waals surface area contributed by atoms with Crippen LogP contribution in [0, 0.1) is 0 Å². The van der Waals surface area contributed by atoms with Crippen LogP contribution in [0.25, 0.3) is 0 Å². The molecule has 1 aliphatic rings. The number of aliphatic hydroxyl groups is 1. The number of hydrogen-bond acceptors (Lipinski definition) is 2. The highest BCUT2D eigenvalue weighted by molar-refractivity contribution is 9.10. The van der Waals surface area contributed by atoms with Crippen LogP contribution in [-0.2, 0) is 12.8 Å². The van der Waals surface area contributed by atoms with Gasteiger partial charge < -0.3 is 10.4 Å². The minimum Gasteiger partial charge on any atom is -0.394 e. The van der Waals surface area contributed by atoms with Crippen molar-refractivity contribution in [3.8, 4) is 0 Å². The first kappa shape index (κ1) is 14.8. The second-order valence-electron chi connectivity index (χ2n) is 5.67. The molecular weight excluding hydrogens is 326 g/mol. The van der Waals surface area contributed by atoms with Gasteiger partial charge >= 0.3 is 0 Å². The van der Waals surface area contributed by atoms with E-state index in [9.17, 15) is 5.11 Å². The molecule has 2 atom stereocenters. The molecule has 0 aliphatic heterocycles. The van der Waals surface area contributed by atoms with Gasteiger partial charge in [0.2, 0.25) is 0 Å². The molecule has 2 aromatic carbocycles. The lowest BCUT2D eigenvalue weighted by molar-refractivity contribution is 0.228. The van der Waals surface area contributed by atoms with E-state index in [1.807, 2.05) is 18.2 Å². The van der Waals surface area contributed by atoms with Gasteiger partial charge in [-0.05, 0) is 48.1 Å². The maximum Gasteiger partial charge on any atom is 0.0626 e. The third-order valence-corrected chi connectivity index (χ3v) is 4.71. The maximum atomic E-state index is 9.67. The molecule has 0 fully saturated rings. The van der Waals surface area contributed by atoms with Crippen molar-refractivity contribution in [3.05, 3.63) is 69.7 Å². The Bertz CT molecular complexity index is 599. The molecule has 2 nitrogen and oxygen atoms in total. The molecule has 0 spiro atoms. The highest BCUT2D eigenvalue weighted by atomic mass is 79.9. The lowest BCUT2D eigenvalue weighted by Gasteiger charge is -2.29. The van der Waals surface area contributed by atoms with Crippen molar-refractivity contribution in [2.75, 3.05) is 6.61 Å². The third-order valence-electron chi connectivity index (χ3n) is 4.22. The Hall–Kier alpha value is -1.16. The lowest BCUT2D eigenvalue weighted by Crippen LogP contribution is -2.38. The average molecular weight is 346 g/mol. The van der Waals surface area contributed by atoms with Crippen LogP contribution in [0.2, 0.25) is 0 Å². The van der Waals surface area contributed by atoms with Crippen LogP contribution < -0.4 is 5.32 Å². The van der Waals surface area contributed by atoms with E-state index >= 15 is 0 Å². The molecule has 110 valence electrons. The van der Waals surface area contributed by atoms with Gasteiger partial charge in [0, 0.05) is 10.5 Å². The number of halogens is 1. The van der Waals surface area contributed by atoms with Crippen LogP contribution in [0.3, 0.4) is 0 Å². The summed E-state index contributed by atoms with van der Waals surface area (Å²) >= 11 is 3.54. The van der Waals surface area contributed by atoms with Crippen LogP contribution in [0.1, 0.15) is 29.2 Å². The number of aliphatic hydroxyl groups excluding tert-OH is 1. The highest BCUT2D eigenvalue weighted by Crippen LogP contribution is 2.26. The molecule has 2 aromatic rings. The van der Waals surface area contributed by atoms with Gasteiger partial charge in [0.25, 0.3) is 0 Å². The second kappa shape index (κ2) is 6.73. The molecule has 0 bridgehead atoms. The van der Waals surface area contributed by atoms with E-state index in [0.717, 1.165) is 29.3 Å². The molecule has 1 aliphatic carbocycles. The maximum absolute atomic E-state index is 9.67. The normalized spacial score (nSPS) is 19.0. The van der Waals surface area contributed by atoms with E-state index in [2.05, 4.69) is 51.6 Å². The minimum atomic E-state index is 0.0215. The van der Waals surface area contributed by atoms with Gasteiger partial charge in [-0.1, -0.05) is 52.3 Å². The topological polar surface area (TPSA) is 32.3 Å². The van der Waals surface area contributed by atoms with Crippen LogP contribution in [-0.4, -0.2) is 17.8 Å². The summed E-state index contributed by atoms with van der Waals surface area (Å²) in [4.78, 5) is 0. The SMILES string of the molecule is OC[C@@H](NC1CCc2cc(Br)ccc2C1)c1ccccc1. The Labute approximate surface area is 134 Å². The summed E-state index contributed by atoms with van der Waals surface area (Å²) in [7, 11) is 0. The van der Waals surface area contributed by atoms with Crippen molar-refractivity contribution >= 4 is 15.9 Å². The summed E-state index contributed by atoms with van der Waals surface area (Å²) in [6, 6.07) is 17.2. The molecule has 0 saturated carbocycles. The van der Waals surface area contributed by atoms with Crippen molar-refractivity contribution < 1.29 is 5.11 Å². The zero-order valence-electron chi connectivity index (χ0n) is 11.9. The molecule has 1 unspecified atom stereocenters. The quantitative estimate of drug-likeness (QED) is 0.886. The van der Waals surface area contributed by atoms with E-state index in [1.165, 1.54) is 11.1 Å². The monoisotopic (exact) mass is 345 g/mol. The largest absolute Gasteiger partial charge is 0.394 e. The fourth-order valence-electron chi connectivity index (χ4n) is 3.09. The van der Waals surface area contributed by atoms with Crippen LogP contribution >= 0.6 is 15.9 Å². The first-order valence-electron chi connectivity index (χ1n) is 7.45. The van der Waals surface area contributed by atoms with Gasteiger partial charge in [-0.25, -0.2) is 0 Å². The Morgan fingerprint density at radius 2 is 1.95 bits per heavy atom. The van der Waals surface area contributed by atoms with Gasteiger partial charge in [0.05, 0.1) is 12.6 Å². The smallest absolute Gasteiger partial charge is 0.0626 e. The van der Waals surface area contributed by atoms with E-state index in [0.29, 0.717) is 6.04 Å². The van der Waals surface area contributed by atoms with E-state index in [1.54, 1.807) is 0 Å². The predicted octanol–water partition coefficient (Wildman–Crippen LogP) is 3.63. The summed E-state index contributed by atoms with van der Waals surface area (Å²) in [5, 5.41) is 13.3. The Kier molecular flexibility index (Phi) is 4.73. The number of hydrogen-bond donors (Lipinski definition) is 2. The number of fused-ring (bicyclic) bond motifs is 1. The number of benzene rings is 2. The fourth-order valence-corrected chi connectivity index (χ4v) is 3.50. The summed E-state index contributed by atoms with van der Waals surface area (Å²) in [5.41, 5.74) is 4.02. The van der Waals surface area contributed by atoms with Crippen LogP contribution in [0.5, 0.6) is 0 Å². The fraction of sp³-hybridized carbons (Fsp3) is 0.333. The van der Waals surface area contributed by atoms with Crippen LogP contribution in [0.4, 0.5) is 0 Å². The molecule has 3 heteroatoms. The third kappa shape index (κ3) is 3.54. The van der Waals surface area contributed by atoms with Crippen molar-refractivity contribution in [1.29, 1.82) is 0 Å². The first-order valence-corrected chi connectivity index (χ1v) is 8.24. The van der Waals surface area contributed by atoms with Crippen molar-refractivity contribution in [3.63, 3.8) is 0 Å². The molecule has 0 radical (unpaired) electrons. The Balaban J connectivity index is 1.70.